The number of anilines is 1. The Hall–Kier alpha value is -2.30. The van der Waals surface area contributed by atoms with Crippen LogP contribution < -0.4 is 5.73 Å². The van der Waals surface area contributed by atoms with Crippen LogP contribution in [0.2, 0.25) is 0 Å². The first kappa shape index (κ1) is 14.6. The fourth-order valence-corrected chi connectivity index (χ4v) is 2.95. The molecule has 0 amide bonds. The van der Waals surface area contributed by atoms with Crippen LogP contribution in [0.15, 0.2) is 36.5 Å². The first-order chi connectivity index (χ1) is 10.8. The highest BCUT2D eigenvalue weighted by atomic mass is 16.5. The second-order valence-electron chi connectivity index (χ2n) is 5.74. The molecule has 3 rings (SSSR count). The van der Waals surface area contributed by atoms with Crippen molar-refractivity contribution in [2.75, 3.05) is 5.73 Å². The Labute approximate surface area is 130 Å². The molecule has 1 saturated carbocycles. The van der Waals surface area contributed by atoms with Crippen LogP contribution in [0.25, 0.3) is 0 Å². The Bertz CT molecular complexity index is 631. The van der Waals surface area contributed by atoms with Gasteiger partial charge in [-0.3, -0.25) is 0 Å². The highest BCUT2D eigenvalue weighted by Gasteiger charge is 2.22. The summed E-state index contributed by atoms with van der Waals surface area (Å²) < 4.78 is 7.11. The van der Waals surface area contributed by atoms with E-state index >= 15 is 0 Å². The van der Waals surface area contributed by atoms with E-state index < -0.39 is 5.97 Å². The number of ether oxygens (including phenoxy) is 1. The maximum absolute atomic E-state index is 12.2. The van der Waals surface area contributed by atoms with Crippen LogP contribution in [-0.2, 0) is 11.3 Å². The number of carbonyl (C=O) groups is 1. The van der Waals surface area contributed by atoms with Crippen LogP contribution >= 0.6 is 0 Å². The number of carbonyl (C=O) groups excluding carboxylic acids is 1. The van der Waals surface area contributed by atoms with Gasteiger partial charge in [0, 0.05) is 0 Å². The van der Waals surface area contributed by atoms with Crippen LogP contribution in [-0.4, -0.2) is 15.7 Å². The molecule has 1 aliphatic carbocycles. The lowest BCUT2D eigenvalue weighted by Gasteiger charge is -2.22. The highest BCUT2D eigenvalue weighted by Crippen LogP contribution is 2.30. The number of esters is 1. The van der Waals surface area contributed by atoms with E-state index in [1.54, 1.807) is 4.68 Å². The summed E-state index contributed by atoms with van der Waals surface area (Å²) in [5.74, 6) is 0.00775. The minimum Gasteiger partial charge on any atom is -0.457 e. The van der Waals surface area contributed by atoms with E-state index in [4.69, 9.17) is 10.5 Å². The summed E-state index contributed by atoms with van der Waals surface area (Å²) in [6.45, 7) is 0.244. The predicted molar refractivity (Wildman–Crippen MR) is 84.3 cm³/mol. The summed E-state index contributed by atoms with van der Waals surface area (Å²) in [7, 11) is 0. The number of hydrogen-bond acceptors (Lipinski definition) is 4. The Morgan fingerprint density at radius 1 is 1.23 bits per heavy atom. The standard InChI is InChI=1S/C17H21N3O2/c18-16-15(11-19-20(16)14-9-5-2-6-10-14)17(21)22-12-13-7-3-1-4-8-13/h1,3-4,7-8,11,14H,2,5-6,9-10,12,18H2. The summed E-state index contributed by atoms with van der Waals surface area (Å²) in [6.07, 6.45) is 7.32. The monoisotopic (exact) mass is 299 g/mol. The van der Waals surface area contributed by atoms with Gasteiger partial charge in [0.05, 0.1) is 12.2 Å². The SMILES string of the molecule is Nc1c(C(=O)OCc2ccccc2)cnn1C1CCCCC1. The molecule has 0 unspecified atom stereocenters. The maximum Gasteiger partial charge on any atom is 0.343 e. The van der Waals surface area contributed by atoms with Gasteiger partial charge in [0.25, 0.3) is 0 Å². The van der Waals surface area contributed by atoms with Gasteiger partial charge in [-0.05, 0) is 18.4 Å². The number of hydrogen-bond donors (Lipinski definition) is 1. The second kappa shape index (κ2) is 6.64. The average molecular weight is 299 g/mol. The molecule has 5 nitrogen and oxygen atoms in total. The smallest absolute Gasteiger partial charge is 0.343 e. The second-order valence-corrected chi connectivity index (χ2v) is 5.74. The fourth-order valence-electron chi connectivity index (χ4n) is 2.95. The molecule has 22 heavy (non-hydrogen) atoms. The molecule has 1 aromatic heterocycles. The minimum atomic E-state index is -0.414. The van der Waals surface area contributed by atoms with Crippen molar-refractivity contribution in [1.29, 1.82) is 0 Å². The van der Waals surface area contributed by atoms with Crippen molar-refractivity contribution in [3.63, 3.8) is 0 Å². The van der Waals surface area contributed by atoms with Crippen LogP contribution in [0.1, 0.15) is 54.1 Å². The quantitative estimate of drug-likeness (QED) is 0.879. The number of benzene rings is 1. The van der Waals surface area contributed by atoms with Gasteiger partial charge in [0.15, 0.2) is 0 Å². The average Bonchev–Trinajstić information content (AvgIpc) is 2.96. The van der Waals surface area contributed by atoms with Crippen molar-refractivity contribution in [3.8, 4) is 0 Å². The van der Waals surface area contributed by atoms with Crippen molar-refractivity contribution in [3.05, 3.63) is 47.7 Å². The van der Waals surface area contributed by atoms with Crippen molar-refractivity contribution in [2.45, 2.75) is 44.8 Å². The van der Waals surface area contributed by atoms with Crippen LogP contribution in [0, 0.1) is 0 Å². The largest absolute Gasteiger partial charge is 0.457 e. The zero-order valence-corrected chi connectivity index (χ0v) is 12.6. The van der Waals surface area contributed by atoms with Gasteiger partial charge < -0.3 is 10.5 Å². The third-order valence-electron chi connectivity index (χ3n) is 4.19. The van der Waals surface area contributed by atoms with E-state index in [1.807, 2.05) is 30.3 Å². The third kappa shape index (κ3) is 3.13. The van der Waals surface area contributed by atoms with Gasteiger partial charge in [-0.2, -0.15) is 5.10 Å². The summed E-state index contributed by atoms with van der Waals surface area (Å²) in [5.41, 5.74) is 7.42. The molecule has 1 heterocycles. The topological polar surface area (TPSA) is 70.1 Å². The van der Waals surface area contributed by atoms with Gasteiger partial charge in [-0.15, -0.1) is 0 Å². The number of aromatic nitrogens is 2. The molecular weight excluding hydrogens is 278 g/mol. The lowest BCUT2D eigenvalue weighted by molar-refractivity contribution is 0.0474. The molecule has 5 heteroatoms. The fraction of sp³-hybridized carbons (Fsp3) is 0.412. The molecule has 1 fully saturated rings. The molecule has 0 saturated heterocycles. The normalized spacial score (nSPS) is 15.6. The van der Waals surface area contributed by atoms with E-state index in [0.717, 1.165) is 18.4 Å². The molecule has 0 atom stereocenters. The molecule has 0 bridgehead atoms. The number of nitrogens with two attached hydrogens (primary N) is 1. The molecule has 0 aliphatic heterocycles. The first-order valence-corrected chi connectivity index (χ1v) is 7.80. The zero-order valence-electron chi connectivity index (χ0n) is 12.6. The van der Waals surface area contributed by atoms with Crippen molar-refractivity contribution >= 4 is 11.8 Å². The molecule has 0 spiro atoms. The molecular formula is C17H21N3O2. The lowest BCUT2D eigenvalue weighted by Crippen LogP contribution is -2.17. The summed E-state index contributed by atoms with van der Waals surface area (Å²) >= 11 is 0. The third-order valence-corrected chi connectivity index (χ3v) is 4.19. The Kier molecular flexibility index (Phi) is 4.42. The van der Waals surface area contributed by atoms with Crippen LogP contribution in [0.3, 0.4) is 0 Å². The van der Waals surface area contributed by atoms with Crippen molar-refractivity contribution in [1.82, 2.24) is 9.78 Å². The molecule has 1 aliphatic rings. The van der Waals surface area contributed by atoms with Gasteiger partial charge in [0.2, 0.25) is 0 Å². The van der Waals surface area contributed by atoms with Gasteiger partial charge >= 0.3 is 5.97 Å². The van der Waals surface area contributed by atoms with Crippen LogP contribution in [0.4, 0.5) is 5.82 Å². The van der Waals surface area contributed by atoms with E-state index in [0.29, 0.717) is 17.4 Å². The lowest BCUT2D eigenvalue weighted by atomic mass is 9.96. The molecule has 2 aromatic rings. The summed E-state index contributed by atoms with van der Waals surface area (Å²) in [4.78, 5) is 12.2. The Balaban J connectivity index is 1.66. The molecule has 2 N–H and O–H groups in total. The molecule has 116 valence electrons. The van der Waals surface area contributed by atoms with E-state index in [2.05, 4.69) is 5.10 Å². The Morgan fingerprint density at radius 3 is 2.68 bits per heavy atom. The predicted octanol–water partition coefficient (Wildman–Crippen LogP) is 3.33. The van der Waals surface area contributed by atoms with Crippen LogP contribution in [0.5, 0.6) is 0 Å². The summed E-state index contributed by atoms with van der Waals surface area (Å²) in [6, 6.07) is 9.91. The van der Waals surface area contributed by atoms with Crippen molar-refractivity contribution < 1.29 is 9.53 Å². The maximum atomic E-state index is 12.2. The van der Waals surface area contributed by atoms with Gasteiger partial charge in [-0.1, -0.05) is 49.6 Å². The first-order valence-electron chi connectivity index (χ1n) is 7.80. The minimum absolute atomic E-state index is 0.244. The highest BCUT2D eigenvalue weighted by molar-refractivity contribution is 5.94. The molecule has 1 aromatic carbocycles. The molecule has 0 radical (unpaired) electrons. The van der Waals surface area contributed by atoms with E-state index in [9.17, 15) is 4.79 Å². The Morgan fingerprint density at radius 2 is 1.95 bits per heavy atom. The van der Waals surface area contributed by atoms with Gasteiger partial charge in [-0.25, -0.2) is 9.48 Å². The van der Waals surface area contributed by atoms with Crippen molar-refractivity contribution in [2.24, 2.45) is 0 Å². The number of nitrogens with zero attached hydrogens (tertiary/aromatic N) is 2. The number of nitrogen functional groups attached to an aromatic ring is 1. The summed E-state index contributed by atoms with van der Waals surface area (Å²) in [5, 5.41) is 4.31. The van der Waals surface area contributed by atoms with E-state index in [1.165, 1.54) is 25.5 Å². The van der Waals surface area contributed by atoms with E-state index in [-0.39, 0.29) is 6.61 Å². The zero-order chi connectivity index (χ0) is 15.4. The number of rotatable bonds is 4. The van der Waals surface area contributed by atoms with Gasteiger partial charge in [0.1, 0.15) is 18.0 Å².